The number of nitrogens with zero attached hydrogens (tertiary/aromatic N) is 1. The summed E-state index contributed by atoms with van der Waals surface area (Å²) in [4.78, 5) is 37.1. The van der Waals surface area contributed by atoms with Crippen molar-refractivity contribution in [3.63, 3.8) is 0 Å². The van der Waals surface area contributed by atoms with E-state index in [1.807, 2.05) is 30.3 Å². The molecule has 1 fully saturated rings. The fraction of sp³-hybridized carbons (Fsp3) is 0.286. The van der Waals surface area contributed by atoms with Gasteiger partial charge in [0, 0.05) is 0 Å². The zero-order chi connectivity index (χ0) is 20.6. The van der Waals surface area contributed by atoms with Gasteiger partial charge in [-0.15, -0.1) is 0 Å². The van der Waals surface area contributed by atoms with Crippen LogP contribution < -0.4 is 10.1 Å². The molecule has 0 aromatic heterocycles. The summed E-state index contributed by atoms with van der Waals surface area (Å²) in [5.74, 6) is -0.144. The molecule has 29 heavy (non-hydrogen) atoms. The molecule has 8 heteroatoms. The maximum atomic E-state index is 12.1. The van der Waals surface area contributed by atoms with Gasteiger partial charge in [-0.1, -0.05) is 42.5 Å². The normalized spacial score (nSPS) is 15.3. The molecule has 1 atom stereocenters. The van der Waals surface area contributed by atoms with Crippen LogP contribution in [0.25, 0.3) is 0 Å². The molecule has 1 unspecified atom stereocenters. The first-order valence-electron chi connectivity index (χ1n) is 9.09. The van der Waals surface area contributed by atoms with Crippen molar-refractivity contribution >= 4 is 18.0 Å². The van der Waals surface area contributed by atoms with Crippen LogP contribution in [0.3, 0.4) is 0 Å². The first-order valence-corrected chi connectivity index (χ1v) is 9.09. The molecule has 2 amide bonds. The van der Waals surface area contributed by atoms with Crippen molar-refractivity contribution in [2.45, 2.75) is 19.3 Å². The standard InChI is InChI=1S/C21H22N2O6/c1-27-17-9-7-16(8-10-17)13-28-19(24)12-23-11-18(20(23)25)22-21(26)29-14-15-5-3-2-4-6-15/h2-10,18H,11-14H2,1H3,(H,22,26). The van der Waals surface area contributed by atoms with Gasteiger partial charge < -0.3 is 24.4 Å². The number of hydrogen-bond acceptors (Lipinski definition) is 6. The van der Waals surface area contributed by atoms with Crippen LogP contribution in [-0.4, -0.2) is 49.1 Å². The Morgan fingerprint density at radius 2 is 1.66 bits per heavy atom. The molecule has 0 bridgehead atoms. The van der Waals surface area contributed by atoms with Crippen molar-refractivity contribution in [3.8, 4) is 5.75 Å². The second-order valence-electron chi connectivity index (χ2n) is 6.49. The second kappa shape index (κ2) is 9.59. The quantitative estimate of drug-likeness (QED) is 0.539. The molecular weight excluding hydrogens is 376 g/mol. The van der Waals surface area contributed by atoms with E-state index in [0.717, 1.165) is 11.1 Å². The van der Waals surface area contributed by atoms with E-state index in [9.17, 15) is 14.4 Å². The highest BCUT2D eigenvalue weighted by Crippen LogP contribution is 2.13. The number of amides is 2. The lowest BCUT2D eigenvalue weighted by atomic mass is 10.1. The maximum absolute atomic E-state index is 12.1. The minimum absolute atomic E-state index is 0.109. The number of methoxy groups -OCH3 is 1. The van der Waals surface area contributed by atoms with Gasteiger partial charge in [-0.2, -0.15) is 0 Å². The number of nitrogens with one attached hydrogen (secondary N) is 1. The highest BCUT2D eigenvalue weighted by molar-refractivity contribution is 5.93. The number of alkyl carbamates (subject to hydrolysis) is 1. The Morgan fingerprint density at radius 3 is 2.31 bits per heavy atom. The van der Waals surface area contributed by atoms with Gasteiger partial charge in [-0.25, -0.2) is 4.79 Å². The number of carbonyl (C=O) groups is 3. The van der Waals surface area contributed by atoms with Gasteiger partial charge in [0.25, 0.3) is 0 Å². The van der Waals surface area contributed by atoms with E-state index in [-0.39, 0.29) is 32.2 Å². The average Bonchev–Trinajstić information content (AvgIpc) is 2.76. The van der Waals surface area contributed by atoms with Gasteiger partial charge in [0.15, 0.2) is 0 Å². The van der Waals surface area contributed by atoms with Crippen molar-refractivity contribution in [2.75, 3.05) is 20.2 Å². The summed E-state index contributed by atoms with van der Waals surface area (Å²) >= 11 is 0. The average molecular weight is 398 g/mol. The van der Waals surface area contributed by atoms with Gasteiger partial charge in [-0.3, -0.25) is 9.59 Å². The lowest BCUT2D eigenvalue weighted by Gasteiger charge is -2.37. The number of rotatable bonds is 8. The highest BCUT2D eigenvalue weighted by atomic mass is 16.5. The molecule has 2 aromatic carbocycles. The van der Waals surface area contributed by atoms with E-state index in [1.54, 1.807) is 31.4 Å². The summed E-state index contributed by atoms with van der Waals surface area (Å²) in [5, 5.41) is 2.49. The third-order valence-corrected chi connectivity index (χ3v) is 4.40. The lowest BCUT2D eigenvalue weighted by Crippen LogP contribution is -2.64. The zero-order valence-corrected chi connectivity index (χ0v) is 16.0. The predicted molar refractivity (Wildman–Crippen MR) is 103 cm³/mol. The van der Waals surface area contributed by atoms with Crippen molar-refractivity contribution < 1.29 is 28.6 Å². The maximum Gasteiger partial charge on any atom is 0.408 e. The molecule has 0 radical (unpaired) electrons. The Morgan fingerprint density at radius 1 is 1.00 bits per heavy atom. The fourth-order valence-electron chi connectivity index (χ4n) is 2.74. The molecule has 1 heterocycles. The number of ether oxygens (including phenoxy) is 3. The van der Waals surface area contributed by atoms with E-state index < -0.39 is 18.1 Å². The summed E-state index contributed by atoms with van der Waals surface area (Å²) in [7, 11) is 1.57. The van der Waals surface area contributed by atoms with Crippen LogP contribution in [0.2, 0.25) is 0 Å². The minimum Gasteiger partial charge on any atom is -0.497 e. The van der Waals surface area contributed by atoms with E-state index in [0.29, 0.717) is 5.75 Å². The monoisotopic (exact) mass is 398 g/mol. The van der Waals surface area contributed by atoms with E-state index in [2.05, 4.69) is 5.32 Å². The van der Waals surface area contributed by atoms with E-state index in [4.69, 9.17) is 14.2 Å². The number of esters is 1. The predicted octanol–water partition coefficient (Wildman–Crippen LogP) is 1.88. The van der Waals surface area contributed by atoms with Gasteiger partial charge in [-0.05, 0) is 23.3 Å². The molecule has 1 saturated heterocycles. The van der Waals surface area contributed by atoms with Crippen LogP contribution in [0.5, 0.6) is 5.75 Å². The highest BCUT2D eigenvalue weighted by Gasteiger charge is 2.39. The smallest absolute Gasteiger partial charge is 0.408 e. The van der Waals surface area contributed by atoms with Gasteiger partial charge in [0.05, 0.1) is 13.7 Å². The Bertz CT molecular complexity index is 853. The minimum atomic E-state index is -0.687. The summed E-state index contributed by atoms with van der Waals surface area (Å²) < 4.78 is 15.3. The van der Waals surface area contributed by atoms with Crippen molar-refractivity contribution in [1.29, 1.82) is 0 Å². The summed E-state index contributed by atoms with van der Waals surface area (Å²) in [5.41, 5.74) is 1.67. The van der Waals surface area contributed by atoms with Gasteiger partial charge in [0.2, 0.25) is 5.91 Å². The molecule has 3 rings (SSSR count). The largest absolute Gasteiger partial charge is 0.497 e. The SMILES string of the molecule is COc1ccc(COC(=O)CN2CC(NC(=O)OCc3ccccc3)C2=O)cc1. The van der Waals surface area contributed by atoms with Crippen molar-refractivity contribution in [1.82, 2.24) is 10.2 Å². The third kappa shape index (κ3) is 5.71. The number of benzene rings is 2. The molecule has 1 N–H and O–H groups in total. The first kappa shape index (κ1) is 20.2. The number of hydrogen-bond donors (Lipinski definition) is 1. The van der Waals surface area contributed by atoms with Crippen LogP contribution in [0, 0.1) is 0 Å². The molecule has 0 spiro atoms. The van der Waals surface area contributed by atoms with Crippen molar-refractivity contribution in [2.24, 2.45) is 0 Å². The van der Waals surface area contributed by atoms with Crippen LogP contribution in [-0.2, 0) is 32.3 Å². The number of carbonyl (C=O) groups excluding carboxylic acids is 3. The molecule has 0 aliphatic carbocycles. The Labute approximate surface area is 168 Å². The zero-order valence-electron chi connectivity index (χ0n) is 16.0. The Hall–Kier alpha value is -3.55. The Balaban J connectivity index is 1.34. The van der Waals surface area contributed by atoms with Crippen LogP contribution in [0.4, 0.5) is 4.79 Å². The summed E-state index contributed by atoms with van der Waals surface area (Å²) in [6.45, 7) is 0.302. The Kier molecular flexibility index (Phi) is 6.67. The number of likely N-dealkylation sites (tertiary alicyclic amines) is 1. The first-order chi connectivity index (χ1) is 14.0. The molecule has 2 aromatic rings. The van der Waals surface area contributed by atoms with Crippen LogP contribution >= 0.6 is 0 Å². The van der Waals surface area contributed by atoms with Gasteiger partial charge >= 0.3 is 12.1 Å². The third-order valence-electron chi connectivity index (χ3n) is 4.40. The molecular formula is C21H22N2O6. The molecule has 1 aliphatic heterocycles. The van der Waals surface area contributed by atoms with Gasteiger partial charge in [0.1, 0.15) is 31.5 Å². The molecule has 0 saturated carbocycles. The molecule has 152 valence electrons. The lowest BCUT2D eigenvalue weighted by molar-refractivity contribution is -0.156. The van der Waals surface area contributed by atoms with E-state index in [1.165, 1.54) is 4.90 Å². The van der Waals surface area contributed by atoms with Crippen LogP contribution in [0.1, 0.15) is 11.1 Å². The number of β-lactam (4-membered cyclic amide) rings is 1. The van der Waals surface area contributed by atoms with Crippen LogP contribution in [0.15, 0.2) is 54.6 Å². The topological polar surface area (TPSA) is 94.2 Å². The molecule has 1 aliphatic rings. The second-order valence-corrected chi connectivity index (χ2v) is 6.49. The van der Waals surface area contributed by atoms with E-state index >= 15 is 0 Å². The summed E-state index contributed by atoms with van der Waals surface area (Å²) in [6, 6.07) is 15.7. The summed E-state index contributed by atoms with van der Waals surface area (Å²) in [6.07, 6.45) is -0.672. The fourth-order valence-corrected chi connectivity index (χ4v) is 2.74. The molecule has 8 nitrogen and oxygen atoms in total. The van der Waals surface area contributed by atoms with Crippen molar-refractivity contribution in [3.05, 3.63) is 65.7 Å².